The van der Waals surface area contributed by atoms with Crippen LogP contribution in [0.3, 0.4) is 0 Å². The van der Waals surface area contributed by atoms with E-state index in [1.165, 1.54) is 0 Å². The van der Waals surface area contributed by atoms with E-state index in [9.17, 15) is 4.79 Å². The van der Waals surface area contributed by atoms with Crippen molar-refractivity contribution in [2.75, 3.05) is 7.11 Å². The molecule has 1 aromatic carbocycles. The van der Waals surface area contributed by atoms with Gasteiger partial charge in [-0.2, -0.15) is 0 Å². The molecule has 0 aliphatic heterocycles. The van der Waals surface area contributed by atoms with Gasteiger partial charge in [0.15, 0.2) is 5.76 Å². The maximum absolute atomic E-state index is 11.4. The molecule has 20 heavy (non-hydrogen) atoms. The Kier molecular flexibility index (Phi) is 4.70. The quantitative estimate of drug-likeness (QED) is 0.383. The molecule has 0 atom stereocenters. The lowest BCUT2D eigenvalue weighted by Crippen LogP contribution is -2.29. The molecule has 0 saturated carbocycles. The average Bonchev–Trinajstić information content (AvgIpc) is 2.86. The van der Waals surface area contributed by atoms with E-state index in [0.717, 1.165) is 27.7 Å². The molecular weight excluding hydrogens is 276 g/mol. The van der Waals surface area contributed by atoms with Gasteiger partial charge in [0.2, 0.25) is 0 Å². The van der Waals surface area contributed by atoms with Crippen molar-refractivity contribution in [2.24, 2.45) is 5.84 Å². The minimum atomic E-state index is -0.422. The molecule has 1 heterocycles. The van der Waals surface area contributed by atoms with Gasteiger partial charge >= 0.3 is 5.91 Å². The Morgan fingerprint density at radius 1 is 1.40 bits per heavy atom. The first-order chi connectivity index (χ1) is 9.63. The molecule has 2 aromatic rings. The number of amides is 1. The van der Waals surface area contributed by atoms with Crippen LogP contribution >= 0.6 is 11.8 Å². The summed E-state index contributed by atoms with van der Waals surface area (Å²) >= 11 is 1.66. The molecule has 0 unspecified atom stereocenters. The summed E-state index contributed by atoms with van der Waals surface area (Å²) in [6.07, 6.45) is 0. The molecular formula is C14H16N2O3S. The number of nitrogen functional groups attached to an aromatic ring is 1. The van der Waals surface area contributed by atoms with Crippen LogP contribution in [0.25, 0.3) is 0 Å². The first kappa shape index (κ1) is 14.5. The van der Waals surface area contributed by atoms with Gasteiger partial charge in [0.05, 0.1) is 7.11 Å². The minimum absolute atomic E-state index is 0.232. The van der Waals surface area contributed by atoms with E-state index in [0.29, 0.717) is 0 Å². The highest BCUT2D eigenvalue weighted by Crippen LogP contribution is 2.27. The number of furan rings is 1. The molecule has 106 valence electrons. The van der Waals surface area contributed by atoms with E-state index in [-0.39, 0.29) is 5.76 Å². The van der Waals surface area contributed by atoms with Gasteiger partial charge in [-0.3, -0.25) is 10.2 Å². The Balaban J connectivity index is 2.02. The maximum atomic E-state index is 11.4. The lowest BCUT2D eigenvalue weighted by Gasteiger charge is -2.02. The van der Waals surface area contributed by atoms with Gasteiger partial charge in [-0.1, -0.05) is 0 Å². The molecule has 5 nitrogen and oxygen atoms in total. The second-order valence-corrected chi connectivity index (χ2v) is 5.18. The number of hydrogen-bond donors (Lipinski definition) is 2. The predicted octanol–water partition coefficient (Wildman–Crippen LogP) is 2.49. The number of methoxy groups -OCH3 is 1. The molecule has 2 rings (SSSR count). The molecule has 0 aliphatic rings. The van der Waals surface area contributed by atoms with Crippen LogP contribution in [0, 0.1) is 6.92 Å². The second-order valence-electron chi connectivity index (χ2n) is 4.13. The molecule has 3 N–H and O–H groups in total. The normalized spacial score (nSPS) is 10.3. The summed E-state index contributed by atoms with van der Waals surface area (Å²) in [4.78, 5) is 12.5. The second kappa shape index (κ2) is 6.49. The molecule has 0 spiro atoms. The number of ether oxygens (including phenoxy) is 1. The molecule has 0 aliphatic carbocycles. The number of thioether (sulfide) groups is 1. The van der Waals surface area contributed by atoms with Gasteiger partial charge in [0, 0.05) is 16.2 Å². The smallest absolute Gasteiger partial charge is 0.300 e. The highest BCUT2D eigenvalue weighted by Gasteiger charge is 2.13. The van der Waals surface area contributed by atoms with Crippen molar-refractivity contribution >= 4 is 17.7 Å². The monoisotopic (exact) mass is 292 g/mol. The molecule has 0 radical (unpaired) electrons. The van der Waals surface area contributed by atoms with Crippen LogP contribution in [-0.4, -0.2) is 13.0 Å². The van der Waals surface area contributed by atoms with E-state index in [2.05, 4.69) is 5.43 Å². The van der Waals surface area contributed by atoms with E-state index in [1.807, 2.05) is 31.2 Å². The van der Waals surface area contributed by atoms with E-state index in [1.54, 1.807) is 24.9 Å². The van der Waals surface area contributed by atoms with Crippen molar-refractivity contribution in [1.29, 1.82) is 0 Å². The number of benzene rings is 1. The van der Waals surface area contributed by atoms with Crippen LogP contribution in [0.15, 0.2) is 39.6 Å². The van der Waals surface area contributed by atoms with Gasteiger partial charge < -0.3 is 9.15 Å². The van der Waals surface area contributed by atoms with Crippen LogP contribution in [0.4, 0.5) is 0 Å². The number of rotatable bonds is 5. The molecule has 6 heteroatoms. The van der Waals surface area contributed by atoms with Crippen molar-refractivity contribution < 1.29 is 13.9 Å². The molecule has 0 saturated heterocycles. The highest BCUT2D eigenvalue weighted by atomic mass is 32.2. The fraction of sp³-hybridized carbons (Fsp3) is 0.214. The standard InChI is InChI=1S/C14H16N2O3S/c1-9-10(7-13(19-9)14(17)16-15)8-20-12-5-3-11(18-2)4-6-12/h3-7H,8,15H2,1-2H3,(H,16,17). The molecule has 1 amide bonds. The zero-order chi connectivity index (χ0) is 14.5. The predicted molar refractivity (Wildman–Crippen MR) is 77.7 cm³/mol. The summed E-state index contributed by atoms with van der Waals surface area (Å²) < 4.78 is 10.5. The van der Waals surface area contributed by atoms with E-state index >= 15 is 0 Å². The maximum Gasteiger partial charge on any atom is 0.300 e. The van der Waals surface area contributed by atoms with Gasteiger partial charge in [-0.25, -0.2) is 5.84 Å². The van der Waals surface area contributed by atoms with Crippen molar-refractivity contribution in [3.63, 3.8) is 0 Å². The minimum Gasteiger partial charge on any atom is -0.497 e. The summed E-state index contributed by atoms with van der Waals surface area (Å²) in [5.74, 6) is 7.17. The lowest BCUT2D eigenvalue weighted by atomic mass is 10.3. The number of hydrazine groups is 1. The largest absolute Gasteiger partial charge is 0.497 e. The number of hydrogen-bond acceptors (Lipinski definition) is 5. The van der Waals surface area contributed by atoms with Crippen molar-refractivity contribution in [1.82, 2.24) is 5.43 Å². The summed E-state index contributed by atoms with van der Waals surface area (Å²) in [6.45, 7) is 1.83. The first-order valence-corrected chi connectivity index (χ1v) is 6.99. The third kappa shape index (κ3) is 3.34. The van der Waals surface area contributed by atoms with Crippen molar-refractivity contribution in [3.8, 4) is 5.75 Å². The van der Waals surface area contributed by atoms with E-state index in [4.69, 9.17) is 15.0 Å². The Morgan fingerprint density at radius 2 is 2.10 bits per heavy atom. The molecule has 0 fully saturated rings. The number of aryl methyl sites for hydroxylation is 1. The van der Waals surface area contributed by atoms with Gasteiger partial charge in [-0.05, 0) is 37.3 Å². The third-order valence-electron chi connectivity index (χ3n) is 2.83. The van der Waals surface area contributed by atoms with Crippen LogP contribution in [-0.2, 0) is 5.75 Å². The highest BCUT2D eigenvalue weighted by molar-refractivity contribution is 7.98. The summed E-state index contributed by atoms with van der Waals surface area (Å²) in [5.41, 5.74) is 3.03. The Labute approximate surface area is 121 Å². The van der Waals surface area contributed by atoms with Crippen LogP contribution in [0.5, 0.6) is 5.75 Å². The Hall–Kier alpha value is -1.92. The first-order valence-electron chi connectivity index (χ1n) is 6.01. The van der Waals surface area contributed by atoms with Crippen molar-refractivity contribution in [3.05, 3.63) is 47.4 Å². The Bertz CT molecular complexity index is 593. The SMILES string of the molecule is COc1ccc(SCc2cc(C(=O)NN)oc2C)cc1. The number of carbonyl (C=O) groups is 1. The summed E-state index contributed by atoms with van der Waals surface area (Å²) in [5, 5.41) is 0. The summed E-state index contributed by atoms with van der Waals surface area (Å²) in [6, 6.07) is 9.53. The van der Waals surface area contributed by atoms with E-state index < -0.39 is 5.91 Å². The Morgan fingerprint density at radius 3 is 2.70 bits per heavy atom. The number of nitrogens with two attached hydrogens (primary N) is 1. The van der Waals surface area contributed by atoms with Crippen molar-refractivity contribution in [2.45, 2.75) is 17.6 Å². The topological polar surface area (TPSA) is 77.5 Å². The number of nitrogens with one attached hydrogen (secondary N) is 1. The molecule has 0 bridgehead atoms. The summed E-state index contributed by atoms with van der Waals surface area (Å²) in [7, 11) is 1.64. The van der Waals surface area contributed by atoms with Gasteiger partial charge in [-0.15, -0.1) is 11.8 Å². The average molecular weight is 292 g/mol. The third-order valence-corrected chi connectivity index (χ3v) is 3.89. The van der Waals surface area contributed by atoms with Crippen LogP contribution in [0.1, 0.15) is 21.9 Å². The zero-order valence-electron chi connectivity index (χ0n) is 11.3. The van der Waals surface area contributed by atoms with Crippen LogP contribution < -0.4 is 16.0 Å². The fourth-order valence-corrected chi connectivity index (χ4v) is 2.62. The van der Waals surface area contributed by atoms with Gasteiger partial charge in [0.25, 0.3) is 0 Å². The molecule has 1 aromatic heterocycles. The van der Waals surface area contributed by atoms with Crippen LogP contribution in [0.2, 0.25) is 0 Å². The lowest BCUT2D eigenvalue weighted by molar-refractivity contribution is 0.0924. The zero-order valence-corrected chi connectivity index (χ0v) is 12.1. The van der Waals surface area contributed by atoms with Gasteiger partial charge in [0.1, 0.15) is 11.5 Å². The fourth-order valence-electron chi connectivity index (χ4n) is 1.68. The number of carbonyl (C=O) groups excluding carboxylic acids is 1.